The second-order valence-electron chi connectivity index (χ2n) is 16.9. The third-order valence-electron chi connectivity index (χ3n) is 15.0. The number of esters is 1. The van der Waals surface area contributed by atoms with Gasteiger partial charge in [0.25, 0.3) is 0 Å². The van der Waals surface area contributed by atoms with Gasteiger partial charge in [0.2, 0.25) is 0 Å². The predicted octanol–water partition coefficient (Wildman–Crippen LogP) is 8.63. The van der Waals surface area contributed by atoms with Crippen LogP contribution >= 0.6 is 0 Å². The maximum atomic E-state index is 14.6. The number of allylic oxidation sites excluding steroid dienone is 1. The van der Waals surface area contributed by atoms with Crippen LogP contribution in [0.15, 0.2) is 12.2 Å². The van der Waals surface area contributed by atoms with Crippen molar-refractivity contribution in [3.8, 4) is 0 Å². The van der Waals surface area contributed by atoms with Crippen LogP contribution in [0.3, 0.4) is 0 Å². The number of hydrogen-bond donors (Lipinski definition) is 2. The molecule has 5 aliphatic rings. The lowest BCUT2D eigenvalue weighted by Gasteiger charge is -2.72. The minimum absolute atomic E-state index is 0.0144. The highest BCUT2D eigenvalue weighted by molar-refractivity contribution is 5.84. The summed E-state index contributed by atoms with van der Waals surface area (Å²) in [6.45, 7) is 16.5. The third-order valence-corrected chi connectivity index (χ3v) is 15.0. The van der Waals surface area contributed by atoms with Crippen LogP contribution in [0.5, 0.6) is 0 Å². The zero-order valence-electron chi connectivity index (χ0n) is 28.0. The van der Waals surface area contributed by atoms with Crippen LogP contribution in [0.4, 0.5) is 26.3 Å². The van der Waals surface area contributed by atoms with Crippen LogP contribution in [0, 0.1) is 56.7 Å². The number of alkyl halides is 6. The zero-order chi connectivity index (χ0) is 35.6. The van der Waals surface area contributed by atoms with Crippen LogP contribution in [0.2, 0.25) is 0 Å². The lowest BCUT2D eigenvalue weighted by molar-refractivity contribution is -0.304. The summed E-state index contributed by atoms with van der Waals surface area (Å²) < 4.78 is 89.7. The fourth-order valence-corrected chi connectivity index (χ4v) is 12.4. The second-order valence-corrected chi connectivity index (χ2v) is 16.9. The molecule has 5 rings (SSSR count). The number of halogens is 6. The Kier molecular flexibility index (Phi) is 8.14. The lowest BCUT2D eigenvalue weighted by atomic mass is 9.32. The van der Waals surface area contributed by atoms with Gasteiger partial charge in [-0.2, -0.15) is 26.3 Å². The summed E-state index contributed by atoms with van der Waals surface area (Å²) in [5.41, 5.74) is -1.47. The molecule has 0 amide bonds. The SMILES string of the molecule is C=C(C)[C@@H]1CC[C@]2(C(=O)O)CC[C@]3(C)[C@H](CC[C@@H]4[C@@]5(C)CC[C@H](OC(=O)C(F)(F)C(F)(F)C(F)(F)C(=O)O)C(C)(C)[C@@H]5CC[C@]43C)[C@@H]12. The summed E-state index contributed by atoms with van der Waals surface area (Å²) in [6.07, 6.45) is 5.02. The van der Waals surface area contributed by atoms with E-state index in [1.165, 1.54) is 0 Å². The Bertz CT molecular complexity index is 1360. The molecule has 5 fully saturated rings. The Labute approximate surface area is 272 Å². The molecule has 0 spiro atoms. The van der Waals surface area contributed by atoms with E-state index in [0.29, 0.717) is 25.7 Å². The van der Waals surface area contributed by atoms with E-state index in [0.717, 1.165) is 37.7 Å². The van der Waals surface area contributed by atoms with E-state index in [2.05, 4.69) is 27.4 Å². The molecule has 10 atom stereocenters. The summed E-state index contributed by atoms with van der Waals surface area (Å²) in [7, 11) is 0. The van der Waals surface area contributed by atoms with E-state index in [-0.39, 0.29) is 52.3 Å². The predicted molar refractivity (Wildman–Crippen MR) is 159 cm³/mol. The van der Waals surface area contributed by atoms with Crippen molar-refractivity contribution in [2.24, 2.45) is 56.7 Å². The molecule has 47 heavy (non-hydrogen) atoms. The number of carboxylic acids is 2. The maximum Gasteiger partial charge on any atom is 0.411 e. The van der Waals surface area contributed by atoms with Gasteiger partial charge in [0, 0.05) is 5.41 Å². The number of aliphatic carboxylic acids is 2. The van der Waals surface area contributed by atoms with Gasteiger partial charge in [0.05, 0.1) is 5.41 Å². The molecule has 2 N–H and O–H groups in total. The van der Waals surface area contributed by atoms with Gasteiger partial charge in [0.15, 0.2) is 0 Å². The largest absolute Gasteiger partial charge is 0.481 e. The van der Waals surface area contributed by atoms with Crippen LogP contribution in [-0.2, 0) is 19.1 Å². The minimum Gasteiger partial charge on any atom is -0.481 e. The minimum atomic E-state index is -6.52. The number of carboxylic acid groups (broad SMARTS) is 2. The normalized spacial score (nSPS) is 43.1. The molecular formula is C35H48F6O6. The van der Waals surface area contributed by atoms with E-state index in [1.807, 2.05) is 6.92 Å². The summed E-state index contributed by atoms with van der Waals surface area (Å²) >= 11 is 0. The van der Waals surface area contributed by atoms with Gasteiger partial charge in [-0.05, 0) is 117 Å². The molecule has 5 aliphatic carbocycles. The highest BCUT2D eigenvalue weighted by Crippen LogP contribution is 2.77. The first-order valence-electron chi connectivity index (χ1n) is 16.8. The molecule has 0 unspecified atom stereocenters. The van der Waals surface area contributed by atoms with Crippen molar-refractivity contribution in [2.75, 3.05) is 0 Å². The van der Waals surface area contributed by atoms with Crippen LogP contribution in [-0.4, -0.2) is 52.0 Å². The number of hydrogen-bond acceptors (Lipinski definition) is 4. The maximum absolute atomic E-state index is 14.6. The van der Waals surface area contributed by atoms with Gasteiger partial charge in [0.1, 0.15) is 6.10 Å². The van der Waals surface area contributed by atoms with Gasteiger partial charge in [-0.15, -0.1) is 0 Å². The van der Waals surface area contributed by atoms with Crippen molar-refractivity contribution < 1.29 is 55.7 Å². The lowest BCUT2D eigenvalue weighted by Crippen LogP contribution is -2.67. The second kappa shape index (κ2) is 10.6. The topological polar surface area (TPSA) is 101 Å². The fraction of sp³-hybridized carbons (Fsp3) is 0.857. The molecule has 5 saturated carbocycles. The smallest absolute Gasteiger partial charge is 0.411 e. The third kappa shape index (κ3) is 4.46. The molecule has 0 bridgehead atoms. The first kappa shape index (κ1) is 36.0. The van der Waals surface area contributed by atoms with E-state index in [1.54, 1.807) is 13.8 Å². The van der Waals surface area contributed by atoms with Crippen molar-refractivity contribution in [1.82, 2.24) is 0 Å². The average molecular weight is 679 g/mol. The average Bonchev–Trinajstić information content (AvgIpc) is 3.36. The first-order chi connectivity index (χ1) is 21.3. The van der Waals surface area contributed by atoms with Gasteiger partial charge in [-0.25, -0.2) is 9.59 Å². The fourth-order valence-electron chi connectivity index (χ4n) is 12.4. The Balaban J connectivity index is 1.42. The van der Waals surface area contributed by atoms with Crippen molar-refractivity contribution in [3.63, 3.8) is 0 Å². The Morgan fingerprint density at radius 1 is 0.745 bits per heavy atom. The molecule has 0 aromatic heterocycles. The van der Waals surface area contributed by atoms with Crippen molar-refractivity contribution in [1.29, 1.82) is 0 Å². The highest BCUT2D eigenvalue weighted by Gasteiger charge is 2.80. The molecule has 0 heterocycles. The Hall–Kier alpha value is -2.27. The summed E-state index contributed by atoms with van der Waals surface area (Å²) in [5.74, 6) is -25.6. The van der Waals surface area contributed by atoms with Crippen molar-refractivity contribution in [2.45, 2.75) is 130 Å². The van der Waals surface area contributed by atoms with Gasteiger partial charge < -0.3 is 14.9 Å². The highest BCUT2D eigenvalue weighted by atomic mass is 19.3. The molecule has 0 aliphatic heterocycles. The Morgan fingerprint density at radius 3 is 1.91 bits per heavy atom. The van der Waals surface area contributed by atoms with Crippen molar-refractivity contribution >= 4 is 17.9 Å². The summed E-state index contributed by atoms with van der Waals surface area (Å²) in [4.78, 5) is 36.0. The van der Waals surface area contributed by atoms with Crippen molar-refractivity contribution in [3.05, 3.63) is 12.2 Å². The number of carbonyl (C=O) groups excluding carboxylic acids is 1. The zero-order valence-corrected chi connectivity index (χ0v) is 28.0. The summed E-state index contributed by atoms with van der Waals surface area (Å²) in [5, 5.41) is 19.0. The quantitative estimate of drug-likeness (QED) is 0.159. The number of rotatable bonds is 7. The van der Waals surface area contributed by atoms with E-state index in [4.69, 9.17) is 9.84 Å². The van der Waals surface area contributed by atoms with Crippen LogP contribution < -0.4 is 0 Å². The molecule has 6 nitrogen and oxygen atoms in total. The molecule has 266 valence electrons. The van der Waals surface area contributed by atoms with Crippen LogP contribution in [0.25, 0.3) is 0 Å². The van der Waals surface area contributed by atoms with E-state index in [9.17, 15) is 45.8 Å². The number of fused-ring (bicyclic) bond motifs is 7. The molecular weight excluding hydrogens is 630 g/mol. The van der Waals surface area contributed by atoms with Crippen LogP contribution in [0.1, 0.15) is 106 Å². The molecule has 0 radical (unpaired) electrons. The van der Waals surface area contributed by atoms with Gasteiger partial charge >= 0.3 is 35.7 Å². The van der Waals surface area contributed by atoms with E-state index >= 15 is 0 Å². The number of ether oxygens (including phenoxy) is 1. The monoisotopic (exact) mass is 678 g/mol. The standard InChI is InChI=1S/C35H48F6O6/c1-18(2)19-10-15-32(25(42)43)17-16-30(6)20(24(19)32)8-9-22-29(5)13-12-23(28(3,4)21(29)11-14-31(22,30)7)47-27(46)34(38,39)35(40,41)33(36,37)26(44)45/h19-24H,1,8-17H2,2-7H3,(H,42,43)(H,44,45)/t19-,20+,21-,22+,23-,24+,29-,30+,31+,32-/m0/s1. The molecule has 0 aromatic carbocycles. The number of carbonyl (C=O) groups is 3. The summed E-state index contributed by atoms with van der Waals surface area (Å²) in [6, 6.07) is 0. The first-order valence-corrected chi connectivity index (χ1v) is 16.8. The van der Waals surface area contributed by atoms with Gasteiger partial charge in [-0.3, -0.25) is 4.79 Å². The molecule has 12 heteroatoms. The Morgan fingerprint density at radius 2 is 1.36 bits per heavy atom. The molecule has 0 aromatic rings. The van der Waals surface area contributed by atoms with Gasteiger partial charge in [-0.1, -0.05) is 46.8 Å². The molecule has 0 saturated heterocycles. The van der Waals surface area contributed by atoms with E-state index < -0.39 is 52.6 Å².